The first-order valence-electron chi connectivity index (χ1n) is 3.90. The molecule has 1 aliphatic carbocycles. The lowest BCUT2D eigenvalue weighted by atomic mass is 10.1. The third-order valence-corrected chi connectivity index (χ3v) is 2.93. The fourth-order valence-electron chi connectivity index (χ4n) is 1.67. The highest BCUT2D eigenvalue weighted by Gasteiger charge is 2.59. The Hall–Kier alpha value is -0.0100. The third-order valence-electron chi connectivity index (χ3n) is 2.56. The quantitative estimate of drug-likeness (QED) is 0.635. The van der Waals surface area contributed by atoms with Gasteiger partial charge in [-0.25, -0.2) is 0 Å². The molecule has 0 radical (unpaired) electrons. The molecule has 3 heteroatoms. The van der Waals surface area contributed by atoms with Crippen LogP contribution in [0.3, 0.4) is 0 Å². The number of hydrogen-bond donors (Lipinski definition) is 0. The van der Waals surface area contributed by atoms with Gasteiger partial charge in [0.25, 0.3) is 0 Å². The minimum atomic E-state index is -0.251. The molecule has 0 aromatic rings. The zero-order valence-electron chi connectivity index (χ0n) is 7.40. The number of carbonyl (C=O) groups is 1. The summed E-state index contributed by atoms with van der Waals surface area (Å²) < 4.78 is 0. The van der Waals surface area contributed by atoms with E-state index in [2.05, 4.69) is 0 Å². The summed E-state index contributed by atoms with van der Waals surface area (Å²) in [5.74, 6) is 0.174. The highest BCUT2D eigenvalue weighted by molar-refractivity contribution is 6.64. The van der Waals surface area contributed by atoms with Crippen LogP contribution in [0.5, 0.6) is 0 Å². The Labute approximate surface area is 82.7 Å². The topological polar surface area (TPSA) is 17.1 Å². The molecule has 0 heterocycles. The van der Waals surface area contributed by atoms with Crippen molar-refractivity contribution in [2.45, 2.75) is 20.8 Å². The van der Waals surface area contributed by atoms with Crippen LogP contribution in [0, 0.1) is 17.3 Å². The summed E-state index contributed by atoms with van der Waals surface area (Å²) in [5, 5.41) is 0.479. The molecule has 0 aromatic heterocycles. The maximum Gasteiger partial charge on any atom is 0.225 e. The fraction of sp³-hybridized carbons (Fsp3) is 0.667. The number of hydrogen-bond acceptors (Lipinski definition) is 1. The summed E-state index contributed by atoms with van der Waals surface area (Å²) in [6, 6.07) is 0. The summed E-state index contributed by atoms with van der Waals surface area (Å²) in [5.41, 5.74) is -0.00498. The zero-order chi connectivity index (χ0) is 9.52. The second-order valence-corrected chi connectivity index (χ2v) is 4.85. The van der Waals surface area contributed by atoms with Gasteiger partial charge in [0, 0.05) is 11.0 Å². The molecule has 1 rings (SSSR count). The standard InChI is InChI=1S/C9H12Cl2O/c1-5(10)4-6-7(8(11)12)9(6,2)3/h4,6-7H,1-3H3/t6-,7+/m0/s1. The largest absolute Gasteiger partial charge is 0.281 e. The van der Waals surface area contributed by atoms with Crippen molar-refractivity contribution in [2.24, 2.45) is 17.3 Å². The Morgan fingerprint density at radius 2 is 1.92 bits per heavy atom. The third kappa shape index (κ3) is 1.67. The van der Waals surface area contributed by atoms with Crippen molar-refractivity contribution in [1.82, 2.24) is 0 Å². The maximum atomic E-state index is 10.9. The number of rotatable bonds is 2. The first-order chi connectivity index (χ1) is 5.37. The Balaban J connectivity index is 2.73. The van der Waals surface area contributed by atoms with Gasteiger partial charge in [-0.2, -0.15) is 0 Å². The van der Waals surface area contributed by atoms with Crippen LogP contribution in [-0.4, -0.2) is 5.24 Å². The van der Waals surface area contributed by atoms with Gasteiger partial charge in [0.1, 0.15) is 0 Å². The minimum Gasteiger partial charge on any atom is -0.281 e. The minimum absolute atomic E-state index is 0.00498. The molecular weight excluding hydrogens is 195 g/mol. The van der Waals surface area contributed by atoms with E-state index in [9.17, 15) is 4.79 Å². The van der Waals surface area contributed by atoms with Crippen molar-refractivity contribution in [3.05, 3.63) is 11.1 Å². The Morgan fingerprint density at radius 1 is 1.42 bits per heavy atom. The molecule has 0 bridgehead atoms. The molecule has 1 nitrogen and oxygen atoms in total. The lowest BCUT2D eigenvalue weighted by Gasteiger charge is -1.96. The van der Waals surface area contributed by atoms with Crippen LogP contribution < -0.4 is 0 Å². The first kappa shape index (κ1) is 10.1. The predicted octanol–water partition coefficient (Wildman–Crippen LogP) is 3.17. The zero-order valence-corrected chi connectivity index (χ0v) is 8.91. The van der Waals surface area contributed by atoms with E-state index in [1.807, 2.05) is 26.8 Å². The van der Waals surface area contributed by atoms with Crippen LogP contribution in [0.15, 0.2) is 11.1 Å². The summed E-state index contributed by atoms with van der Waals surface area (Å²) in [4.78, 5) is 10.9. The van der Waals surface area contributed by atoms with Gasteiger partial charge in [0.15, 0.2) is 0 Å². The van der Waals surface area contributed by atoms with Crippen LogP contribution in [0.2, 0.25) is 0 Å². The van der Waals surface area contributed by atoms with E-state index >= 15 is 0 Å². The molecule has 0 unspecified atom stereocenters. The van der Waals surface area contributed by atoms with Crippen molar-refractivity contribution < 1.29 is 4.79 Å². The second kappa shape index (κ2) is 3.04. The van der Waals surface area contributed by atoms with E-state index < -0.39 is 0 Å². The summed E-state index contributed by atoms with van der Waals surface area (Å²) in [6.07, 6.45) is 1.91. The molecule has 1 fully saturated rings. The van der Waals surface area contributed by atoms with E-state index in [0.717, 1.165) is 5.03 Å². The van der Waals surface area contributed by atoms with Gasteiger partial charge in [0.2, 0.25) is 5.24 Å². The van der Waals surface area contributed by atoms with Crippen molar-refractivity contribution in [3.63, 3.8) is 0 Å². The highest BCUT2D eigenvalue weighted by atomic mass is 35.5. The Kier molecular flexibility index (Phi) is 2.55. The lowest BCUT2D eigenvalue weighted by Crippen LogP contribution is -1.96. The molecule has 12 heavy (non-hydrogen) atoms. The Bertz CT molecular complexity index is 239. The van der Waals surface area contributed by atoms with Crippen LogP contribution in [-0.2, 0) is 4.79 Å². The number of allylic oxidation sites excluding steroid dienone is 2. The summed E-state index contributed by atoms with van der Waals surface area (Å²) in [7, 11) is 0. The van der Waals surface area contributed by atoms with Gasteiger partial charge in [-0.05, 0) is 29.9 Å². The van der Waals surface area contributed by atoms with Crippen LogP contribution in [0.25, 0.3) is 0 Å². The van der Waals surface area contributed by atoms with Gasteiger partial charge in [-0.15, -0.1) is 0 Å². The van der Waals surface area contributed by atoms with Gasteiger partial charge >= 0.3 is 0 Å². The monoisotopic (exact) mass is 206 g/mol. The molecule has 68 valence electrons. The van der Waals surface area contributed by atoms with E-state index in [0.29, 0.717) is 0 Å². The molecule has 0 aliphatic heterocycles. The molecule has 1 saturated carbocycles. The van der Waals surface area contributed by atoms with Crippen LogP contribution in [0.1, 0.15) is 20.8 Å². The highest BCUT2D eigenvalue weighted by Crippen LogP contribution is 2.60. The van der Waals surface area contributed by atoms with Gasteiger partial charge in [-0.1, -0.05) is 31.5 Å². The molecule has 0 amide bonds. The van der Waals surface area contributed by atoms with E-state index in [1.165, 1.54) is 0 Å². The van der Waals surface area contributed by atoms with Gasteiger partial charge in [0.05, 0.1) is 0 Å². The van der Waals surface area contributed by atoms with Gasteiger partial charge < -0.3 is 0 Å². The van der Waals surface area contributed by atoms with Crippen LogP contribution in [0.4, 0.5) is 0 Å². The summed E-state index contributed by atoms with van der Waals surface area (Å²) >= 11 is 11.1. The van der Waals surface area contributed by atoms with Crippen molar-refractivity contribution in [2.75, 3.05) is 0 Å². The normalized spacial score (nSPS) is 33.2. The predicted molar refractivity (Wildman–Crippen MR) is 51.2 cm³/mol. The molecular formula is C9H12Cl2O. The average Bonchev–Trinajstić information content (AvgIpc) is 2.32. The van der Waals surface area contributed by atoms with Crippen molar-refractivity contribution >= 4 is 28.4 Å². The SMILES string of the molecule is CC(Cl)=C[C@H]1[C@H](C(=O)Cl)C1(C)C. The molecule has 0 aromatic carbocycles. The average molecular weight is 207 g/mol. The molecule has 1 aliphatic rings. The van der Waals surface area contributed by atoms with Crippen molar-refractivity contribution in [1.29, 1.82) is 0 Å². The number of halogens is 2. The summed E-state index contributed by atoms with van der Waals surface area (Å²) in [6.45, 7) is 5.86. The fourth-order valence-corrected chi connectivity index (χ4v) is 2.22. The first-order valence-corrected chi connectivity index (χ1v) is 4.66. The maximum absolute atomic E-state index is 10.9. The van der Waals surface area contributed by atoms with Crippen molar-refractivity contribution in [3.8, 4) is 0 Å². The smallest absolute Gasteiger partial charge is 0.225 e. The molecule has 0 saturated heterocycles. The molecule has 0 N–H and O–H groups in total. The van der Waals surface area contributed by atoms with Crippen LogP contribution >= 0.6 is 23.2 Å². The van der Waals surface area contributed by atoms with E-state index in [-0.39, 0.29) is 22.5 Å². The molecule has 2 atom stereocenters. The Morgan fingerprint density at radius 3 is 2.17 bits per heavy atom. The van der Waals surface area contributed by atoms with E-state index in [4.69, 9.17) is 23.2 Å². The molecule has 0 spiro atoms. The number of carbonyl (C=O) groups excluding carboxylic acids is 1. The second-order valence-electron chi connectivity index (χ2n) is 3.88. The lowest BCUT2D eigenvalue weighted by molar-refractivity contribution is -0.113. The van der Waals surface area contributed by atoms with Gasteiger partial charge in [-0.3, -0.25) is 4.79 Å². The van der Waals surface area contributed by atoms with E-state index in [1.54, 1.807) is 0 Å².